The minimum atomic E-state index is 0.0135. The zero-order valence-electron chi connectivity index (χ0n) is 9.98. The Morgan fingerprint density at radius 1 is 1.29 bits per heavy atom. The maximum Gasteiger partial charge on any atom is 0.224 e. The van der Waals surface area contributed by atoms with Crippen molar-refractivity contribution in [3.8, 4) is 0 Å². The number of amides is 1. The second kappa shape index (κ2) is 7.68. The van der Waals surface area contributed by atoms with E-state index < -0.39 is 0 Å². The molecule has 17 heavy (non-hydrogen) atoms. The van der Waals surface area contributed by atoms with E-state index in [0.29, 0.717) is 18.7 Å². The molecule has 0 fully saturated rings. The number of anilines is 1. The molecule has 0 saturated carbocycles. The van der Waals surface area contributed by atoms with Crippen molar-refractivity contribution >= 4 is 11.6 Å². The molecule has 0 aliphatic heterocycles. The predicted molar refractivity (Wildman–Crippen MR) is 68.5 cm³/mol. The Hall–Kier alpha value is -1.55. The molecule has 0 aliphatic rings. The summed E-state index contributed by atoms with van der Waals surface area (Å²) in [7, 11) is 0. The molecule has 0 radical (unpaired) electrons. The topological polar surface area (TPSA) is 75.4 Å². The SMILES string of the molecule is Nc1cccc(CC(=O)NCCCCCO)c1. The molecule has 0 aliphatic carbocycles. The highest BCUT2D eigenvalue weighted by Gasteiger charge is 2.02. The van der Waals surface area contributed by atoms with Gasteiger partial charge in [0.25, 0.3) is 0 Å². The summed E-state index contributed by atoms with van der Waals surface area (Å²) < 4.78 is 0. The molecular formula is C13H20N2O2. The van der Waals surface area contributed by atoms with Crippen molar-refractivity contribution in [1.82, 2.24) is 5.32 Å². The molecular weight excluding hydrogens is 216 g/mol. The minimum Gasteiger partial charge on any atom is -0.399 e. The number of nitrogens with two attached hydrogens (primary N) is 1. The van der Waals surface area contributed by atoms with E-state index in [9.17, 15) is 4.79 Å². The van der Waals surface area contributed by atoms with Gasteiger partial charge in [-0.05, 0) is 37.0 Å². The molecule has 0 unspecified atom stereocenters. The van der Waals surface area contributed by atoms with Crippen molar-refractivity contribution in [2.24, 2.45) is 0 Å². The van der Waals surface area contributed by atoms with Gasteiger partial charge in [-0.2, -0.15) is 0 Å². The van der Waals surface area contributed by atoms with E-state index >= 15 is 0 Å². The number of nitrogens with one attached hydrogen (secondary N) is 1. The molecule has 0 spiro atoms. The average molecular weight is 236 g/mol. The summed E-state index contributed by atoms with van der Waals surface area (Å²) in [5.41, 5.74) is 7.24. The first kappa shape index (κ1) is 13.5. The van der Waals surface area contributed by atoms with Crippen LogP contribution in [0.1, 0.15) is 24.8 Å². The van der Waals surface area contributed by atoms with Crippen LogP contribution in [0.3, 0.4) is 0 Å². The average Bonchev–Trinajstić information content (AvgIpc) is 2.29. The van der Waals surface area contributed by atoms with Gasteiger partial charge in [0.05, 0.1) is 6.42 Å². The van der Waals surface area contributed by atoms with Gasteiger partial charge in [0.15, 0.2) is 0 Å². The smallest absolute Gasteiger partial charge is 0.224 e. The Balaban J connectivity index is 2.21. The number of nitrogen functional groups attached to an aromatic ring is 1. The van der Waals surface area contributed by atoms with Crippen LogP contribution in [-0.2, 0) is 11.2 Å². The molecule has 1 aromatic rings. The van der Waals surface area contributed by atoms with Gasteiger partial charge in [-0.3, -0.25) is 4.79 Å². The normalized spacial score (nSPS) is 10.2. The summed E-state index contributed by atoms with van der Waals surface area (Å²) in [5.74, 6) is 0.0135. The van der Waals surface area contributed by atoms with Crippen molar-refractivity contribution in [1.29, 1.82) is 0 Å². The van der Waals surface area contributed by atoms with Crippen molar-refractivity contribution in [2.75, 3.05) is 18.9 Å². The van der Waals surface area contributed by atoms with Crippen molar-refractivity contribution in [2.45, 2.75) is 25.7 Å². The van der Waals surface area contributed by atoms with E-state index in [-0.39, 0.29) is 12.5 Å². The van der Waals surface area contributed by atoms with Gasteiger partial charge >= 0.3 is 0 Å². The first-order valence-corrected chi connectivity index (χ1v) is 5.94. The predicted octanol–water partition coefficient (Wildman–Crippen LogP) is 1.09. The Morgan fingerprint density at radius 2 is 2.12 bits per heavy atom. The third kappa shape index (κ3) is 5.92. The molecule has 0 bridgehead atoms. The number of unbranched alkanes of at least 4 members (excludes halogenated alkanes) is 2. The highest BCUT2D eigenvalue weighted by atomic mass is 16.2. The molecule has 4 N–H and O–H groups in total. The van der Waals surface area contributed by atoms with Gasteiger partial charge in [-0.15, -0.1) is 0 Å². The first-order chi connectivity index (χ1) is 8.22. The molecule has 0 aromatic heterocycles. The van der Waals surface area contributed by atoms with Gasteiger partial charge in [-0.1, -0.05) is 12.1 Å². The lowest BCUT2D eigenvalue weighted by atomic mass is 10.1. The van der Waals surface area contributed by atoms with Crippen molar-refractivity contribution in [3.63, 3.8) is 0 Å². The van der Waals surface area contributed by atoms with E-state index in [0.717, 1.165) is 24.8 Å². The van der Waals surface area contributed by atoms with Crippen molar-refractivity contribution in [3.05, 3.63) is 29.8 Å². The fourth-order valence-corrected chi connectivity index (χ4v) is 1.59. The number of hydrogen-bond acceptors (Lipinski definition) is 3. The third-order valence-electron chi connectivity index (χ3n) is 2.47. The van der Waals surface area contributed by atoms with Crippen LogP contribution in [0, 0.1) is 0 Å². The number of rotatable bonds is 7. The first-order valence-electron chi connectivity index (χ1n) is 5.94. The fraction of sp³-hybridized carbons (Fsp3) is 0.462. The van der Waals surface area contributed by atoms with E-state index in [1.54, 1.807) is 6.07 Å². The Labute approximate surface area is 102 Å². The summed E-state index contributed by atoms with van der Waals surface area (Å²) in [6.07, 6.45) is 3.01. The maximum atomic E-state index is 11.6. The molecule has 0 heterocycles. The van der Waals surface area contributed by atoms with Crippen LogP contribution in [0.4, 0.5) is 5.69 Å². The van der Waals surface area contributed by atoms with Gasteiger partial charge in [0.2, 0.25) is 5.91 Å². The van der Waals surface area contributed by atoms with E-state index in [4.69, 9.17) is 10.8 Å². The Morgan fingerprint density at radius 3 is 2.82 bits per heavy atom. The molecule has 1 amide bonds. The largest absolute Gasteiger partial charge is 0.399 e. The molecule has 0 atom stereocenters. The summed E-state index contributed by atoms with van der Waals surface area (Å²) in [5, 5.41) is 11.4. The van der Waals surface area contributed by atoms with Crippen molar-refractivity contribution < 1.29 is 9.90 Å². The van der Waals surface area contributed by atoms with Crippen LogP contribution >= 0.6 is 0 Å². The van der Waals surface area contributed by atoms with Crippen LogP contribution in [0.25, 0.3) is 0 Å². The van der Waals surface area contributed by atoms with Crippen LogP contribution < -0.4 is 11.1 Å². The zero-order chi connectivity index (χ0) is 12.5. The number of carbonyl (C=O) groups excluding carboxylic acids is 1. The lowest BCUT2D eigenvalue weighted by molar-refractivity contribution is -0.120. The van der Waals surface area contributed by atoms with Crippen LogP contribution in [0.15, 0.2) is 24.3 Å². The van der Waals surface area contributed by atoms with Crippen LogP contribution in [0.5, 0.6) is 0 Å². The Kier molecular flexibility index (Phi) is 6.10. The highest BCUT2D eigenvalue weighted by Crippen LogP contribution is 2.06. The quantitative estimate of drug-likeness (QED) is 0.490. The lowest BCUT2D eigenvalue weighted by Gasteiger charge is -2.05. The van der Waals surface area contributed by atoms with Gasteiger partial charge < -0.3 is 16.2 Å². The van der Waals surface area contributed by atoms with Crippen LogP contribution in [0.2, 0.25) is 0 Å². The monoisotopic (exact) mass is 236 g/mol. The standard InChI is InChI=1S/C13H20N2O2/c14-12-6-4-5-11(9-12)10-13(17)15-7-2-1-3-8-16/h4-6,9,16H,1-3,7-8,10,14H2,(H,15,17). The highest BCUT2D eigenvalue weighted by molar-refractivity contribution is 5.78. The van der Waals surface area contributed by atoms with E-state index in [2.05, 4.69) is 5.32 Å². The zero-order valence-corrected chi connectivity index (χ0v) is 9.98. The Bertz CT molecular complexity index is 353. The van der Waals surface area contributed by atoms with Gasteiger partial charge in [0, 0.05) is 18.8 Å². The molecule has 0 saturated heterocycles. The minimum absolute atomic E-state index is 0.0135. The fourth-order valence-electron chi connectivity index (χ4n) is 1.59. The second-order valence-corrected chi connectivity index (χ2v) is 4.06. The van der Waals surface area contributed by atoms with Crippen LogP contribution in [-0.4, -0.2) is 24.2 Å². The number of carbonyl (C=O) groups is 1. The van der Waals surface area contributed by atoms with E-state index in [1.165, 1.54) is 0 Å². The van der Waals surface area contributed by atoms with Gasteiger partial charge in [0.1, 0.15) is 0 Å². The molecule has 1 aromatic carbocycles. The summed E-state index contributed by atoms with van der Waals surface area (Å²) >= 11 is 0. The summed E-state index contributed by atoms with van der Waals surface area (Å²) in [6, 6.07) is 7.35. The maximum absolute atomic E-state index is 11.6. The second-order valence-electron chi connectivity index (χ2n) is 4.06. The molecule has 1 rings (SSSR count). The summed E-state index contributed by atoms with van der Waals surface area (Å²) in [6.45, 7) is 0.887. The number of benzene rings is 1. The third-order valence-corrected chi connectivity index (χ3v) is 2.47. The number of aliphatic hydroxyl groups is 1. The lowest BCUT2D eigenvalue weighted by Crippen LogP contribution is -2.26. The molecule has 4 nitrogen and oxygen atoms in total. The molecule has 4 heteroatoms. The van der Waals surface area contributed by atoms with Gasteiger partial charge in [-0.25, -0.2) is 0 Å². The number of hydrogen-bond donors (Lipinski definition) is 3. The van der Waals surface area contributed by atoms with E-state index in [1.807, 2.05) is 18.2 Å². The number of aliphatic hydroxyl groups excluding tert-OH is 1. The molecule has 94 valence electrons. The summed E-state index contributed by atoms with van der Waals surface area (Å²) in [4.78, 5) is 11.6.